The van der Waals surface area contributed by atoms with Crippen LogP contribution in [0.25, 0.3) is 0 Å². The molecule has 0 aliphatic heterocycles. The van der Waals surface area contributed by atoms with Gasteiger partial charge in [-0.1, -0.05) is 0 Å². The van der Waals surface area contributed by atoms with E-state index in [4.69, 9.17) is 5.11 Å². The van der Waals surface area contributed by atoms with Crippen LogP contribution < -0.4 is 0 Å². The minimum atomic E-state index is -0.910. The zero-order valence-electron chi connectivity index (χ0n) is 5.79. The van der Waals surface area contributed by atoms with Crippen molar-refractivity contribution in [3.8, 4) is 0 Å². The number of hydrogen-bond acceptors (Lipinski definition) is 2. The summed E-state index contributed by atoms with van der Waals surface area (Å²) in [5.74, 6) is -0.153. The summed E-state index contributed by atoms with van der Waals surface area (Å²) >= 11 is 0. The molecule has 1 amide bonds. The molecule has 0 aromatic rings. The molecule has 53 valence electrons. The van der Waals surface area contributed by atoms with Gasteiger partial charge in [0.1, 0.15) is 6.23 Å². The fraction of sp³-hybridized carbons (Fsp3) is 0.667. The van der Waals surface area contributed by atoms with Crippen molar-refractivity contribution < 1.29 is 9.90 Å². The van der Waals surface area contributed by atoms with E-state index in [9.17, 15) is 4.79 Å². The highest BCUT2D eigenvalue weighted by Crippen LogP contribution is 1.93. The van der Waals surface area contributed by atoms with Crippen molar-refractivity contribution in [3.05, 3.63) is 6.92 Å². The molecule has 0 saturated carbocycles. The van der Waals surface area contributed by atoms with Gasteiger partial charge >= 0.3 is 0 Å². The second-order valence-electron chi connectivity index (χ2n) is 1.79. The van der Waals surface area contributed by atoms with Crippen molar-refractivity contribution >= 4 is 5.91 Å². The second-order valence-corrected chi connectivity index (χ2v) is 1.79. The fourth-order valence-corrected chi connectivity index (χ4v) is 0.643. The summed E-state index contributed by atoms with van der Waals surface area (Å²) in [5, 5.41) is 8.78. The van der Waals surface area contributed by atoms with Gasteiger partial charge in [0.05, 0.1) is 0 Å². The first-order chi connectivity index (χ1) is 4.09. The Labute approximate surface area is 55.3 Å². The number of carbonyl (C=O) groups excluding carboxylic acids is 1. The predicted molar refractivity (Wildman–Crippen MR) is 34.4 cm³/mol. The van der Waals surface area contributed by atoms with E-state index in [-0.39, 0.29) is 5.91 Å². The molecule has 0 aromatic carbocycles. The van der Waals surface area contributed by atoms with E-state index in [0.717, 1.165) is 0 Å². The van der Waals surface area contributed by atoms with Gasteiger partial charge in [-0.2, -0.15) is 0 Å². The van der Waals surface area contributed by atoms with Crippen LogP contribution in [-0.2, 0) is 4.79 Å². The van der Waals surface area contributed by atoms with Crippen LogP contribution in [0.2, 0.25) is 0 Å². The number of aliphatic hydroxyl groups excluding tert-OH is 1. The van der Waals surface area contributed by atoms with E-state index in [1.165, 1.54) is 11.8 Å². The van der Waals surface area contributed by atoms with Crippen LogP contribution in [0.15, 0.2) is 0 Å². The molecule has 0 spiro atoms. The van der Waals surface area contributed by atoms with Crippen molar-refractivity contribution in [1.29, 1.82) is 0 Å². The molecular weight excluding hydrogens is 118 g/mol. The van der Waals surface area contributed by atoms with Gasteiger partial charge in [0.2, 0.25) is 5.91 Å². The van der Waals surface area contributed by atoms with Gasteiger partial charge in [-0.3, -0.25) is 4.79 Å². The van der Waals surface area contributed by atoms with Gasteiger partial charge in [0.25, 0.3) is 0 Å². The molecule has 0 aromatic heterocycles. The molecule has 1 N–H and O–H groups in total. The van der Waals surface area contributed by atoms with Crippen LogP contribution in [0.5, 0.6) is 0 Å². The molecule has 0 aliphatic carbocycles. The molecule has 1 radical (unpaired) electrons. The highest BCUT2D eigenvalue weighted by Gasteiger charge is 2.09. The monoisotopic (exact) mass is 130 g/mol. The van der Waals surface area contributed by atoms with Crippen LogP contribution in [0.3, 0.4) is 0 Å². The molecular formula is C6H12NO2. The highest BCUT2D eigenvalue weighted by atomic mass is 16.3. The van der Waals surface area contributed by atoms with Crippen LogP contribution in [0.4, 0.5) is 0 Å². The Hall–Kier alpha value is -0.570. The quantitative estimate of drug-likeness (QED) is 0.535. The van der Waals surface area contributed by atoms with Gasteiger partial charge < -0.3 is 10.0 Å². The minimum Gasteiger partial charge on any atom is -0.374 e. The van der Waals surface area contributed by atoms with Crippen molar-refractivity contribution in [2.24, 2.45) is 0 Å². The van der Waals surface area contributed by atoms with Crippen molar-refractivity contribution in [3.63, 3.8) is 0 Å². The summed E-state index contributed by atoms with van der Waals surface area (Å²) < 4.78 is 0. The second kappa shape index (κ2) is 3.45. The minimum absolute atomic E-state index is 0.153. The summed E-state index contributed by atoms with van der Waals surface area (Å²) in [6.45, 7) is 6.98. The van der Waals surface area contributed by atoms with Gasteiger partial charge in [-0.15, -0.1) is 0 Å². The largest absolute Gasteiger partial charge is 0.374 e. The smallest absolute Gasteiger partial charge is 0.221 e. The Kier molecular flexibility index (Phi) is 3.24. The van der Waals surface area contributed by atoms with Gasteiger partial charge in [-0.25, -0.2) is 0 Å². The number of hydrogen-bond donors (Lipinski definition) is 1. The summed E-state index contributed by atoms with van der Waals surface area (Å²) in [5.41, 5.74) is 0. The van der Waals surface area contributed by atoms with Gasteiger partial charge in [-0.05, 0) is 13.8 Å². The average Bonchev–Trinajstić information content (AvgIpc) is 1.64. The molecule has 0 bridgehead atoms. The maximum absolute atomic E-state index is 10.5. The highest BCUT2D eigenvalue weighted by molar-refractivity contribution is 5.73. The lowest BCUT2D eigenvalue weighted by molar-refractivity contribution is -0.135. The fourth-order valence-electron chi connectivity index (χ4n) is 0.643. The topological polar surface area (TPSA) is 40.5 Å². The van der Waals surface area contributed by atoms with Gasteiger partial charge in [0, 0.05) is 13.5 Å². The van der Waals surface area contributed by atoms with E-state index in [1.807, 2.05) is 0 Å². The lowest BCUT2D eigenvalue weighted by Gasteiger charge is -2.21. The Bertz CT molecular complexity index is 101. The van der Waals surface area contributed by atoms with Crippen molar-refractivity contribution in [2.75, 3.05) is 6.54 Å². The Morgan fingerprint density at radius 2 is 2.33 bits per heavy atom. The number of nitrogens with zero attached hydrogens (tertiary/aromatic N) is 1. The molecule has 0 rings (SSSR count). The molecule has 1 atom stereocenters. The van der Waals surface area contributed by atoms with Crippen LogP contribution in [-0.4, -0.2) is 28.7 Å². The van der Waals surface area contributed by atoms with E-state index in [1.54, 1.807) is 6.92 Å². The standard InChI is InChI=1S/C6H12NO2/c1-4-7(5(2)8)6(3)9/h5,8H,2,4H2,1,3H3. The van der Waals surface area contributed by atoms with E-state index in [0.29, 0.717) is 6.54 Å². The third-order valence-corrected chi connectivity index (χ3v) is 1.10. The van der Waals surface area contributed by atoms with Crippen molar-refractivity contribution in [2.45, 2.75) is 20.1 Å². The first-order valence-corrected chi connectivity index (χ1v) is 2.88. The maximum Gasteiger partial charge on any atom is 0.221 e. The summed E-state index contributed by atoms with van der Waals surface area (Å²) in [6.07, 6.45) is -0.910. The lowest BCUT2D eigenvalue weighted by Crippen LogP contribution is -2.36. The normalized spacial score (nSPS) is 12.9. The molecule has 3 heteroatoms. The summed E-state index contributed by atoms with van der Waals surface area (Å²) in [6, 6.07) is 0. The molecule has 0 heterocycles. The van der Waals surface area contributed by atoms with Crippen LogP contribution in [0.1, 0.15) is 13.8 Å². The molecule has 0 saturated heterocycles. The lowest BCUT2D eigenvalue weighted by atomic mass is 10.4. The van der Waals surface area contributed by atoms with E-state index in [2.05, 4.69) is 6.92 Å². The first-order valence-electron chi connectivity index (χ1n) is 2.88. The Morgan fingerprint density at radius 1 is 1.89 bits per heavy atom. The van der Waals surface area contributed by atoms with Crippen LogP contribution >= 0.6 is 0 Å². The maximum atomic E-state index is 10.5. The predicted octanol–water partition coefficient (Wildman–Crippen LogP) is 0.00729. The molecule has 0 aliphatic rings. The number of carbonyl (C=O) groups is 1. The van der Waals surface area contributed by atoms with Crippen molar-refractivity contribution in [1.82, 2.24) is 4.90 Å². The summed E-state index contributed by atoms with van der Waals surface area (Å²) in [4.78, 5) is 11.8. The van der Waals surface area contributed by atoms with Crippen LogP contribution in [0, 0.1) is 6.92 Å². The van der Waals surface area contributed by atoms with E-state index < -0.39 is 6.23 Å². The molecule has 3 nitrogen and oxygen atoms in total. The molecule has 0 fully saturated rings. The molecule has 9 heavy (non-hydrogen) atoms. The Balaban J connectivity index is 3.83. The average molecular weight is 130 g/mol. The SMILES string of the molecule is [CH2]C(O)N(CC)C(C)=O. The summed E-state index contributed by atoms with van der Waals surface area (Å²) in [7, 11) is 0. The third-order valence-electron chi connectivity index (χ3n) is 1.10. The molecule has 1 unspecified atom stereocenters. The zero-order chi connectivity index (χ0) is 7.44. The van der Waals surface area contributed by atoms with Gasteiger partial charge in [0.15, 0.2) is 0 Å². The number of rotatable bonds is 2. The zero-order valence-corrected chi connectivity index (χ0v) is 5.79. The third kappa shape index (κ3) is 2.46. The van der Waals surface area contributed by atoms with E-state index >= 15 is 0 Å². The number of aliphatic hydroxyl groups is 1. The first kappa shape index (κ1) is 8.43. The number of amides is 1. The Morgan fingerprint density at radius 3 is 2.33 bits per heavy atom.